The van der Waals surface area contributed by atoms with E-state index in [9.17, 15) is 18.0 Å². The van der Waals surface area contributed by atoms with Gasteiger partial charge in [0.2, 0.25) is 0 Å². The first kappa shape index (κ1) is 17.9. The Labute approximate surface area is 113 Å². The van der Waals surface area contributed by atoms with Crippen molar-refractivity contribution in [2.75, 3.05) is 5.75 Å². The summed E-state index contributed by atoms with van der Waals surface area (Å²) in [6, 6.07) is 0. The third kappa shape index (κ3) is 7.81. The van der Waals surface area contributed by atoms with Crippen LogP contribution in [0.5, 0.6) is 0 Å². The first-order valence-electron chi connectivity index (χ1n) is 6.47. The third-order valence-corrected chi connectivity index (χ3v) is 4.94. The fourth-order valence-corrected chi connectivity index (χ4v) is 3.35. The fourth-order valence-electron chi connectivity index (χ4n) is 1.75. The number of hydrogen-bond acceptors (Lipinski definition) is 4. The van der Waals surface area contributed by atoms with Crippen molar-refractivity contribution >= 4 is 21.8 Å². The van der Waals surface area contributed by atoms with Gasteiger partial charge in [0.15, 0.2) is 15.1 Å². The molecule has 7 heteroatoms. The molecule has 0 fully saturated rings. The Balaban J connectivity index is 4.26. The Morgan fingerprint density at radius 2 is 1.53 bits per heavy atom. The maximum absolute atomic E-state index is 11.8. The van der Waals surface area contributed by atoms with Crippen LogP contribution in [0.1, 0.15) is 51.9 Å². The molecule has 0 aliphatic carbocycles. The van der Waals surface area contributed by atoms with Gasteiger partial charge in [0, 0.05) is 0 Å². The SMILES string of the molecule is CCCCCCCCS(=O)(=O)C(CC(=O)O)C(=O)O. The minimum absolute atomic E-state index is 0.261. The van der Waals surface area contributed by atoms with Gasteiger partial charge in [0.05, 0.1) is 12.2 Å². The number of carboxylic acids is 2. The Bertz CT molecular complexity index is 387. The lowest BCUT2D eigenvalue weighted by atomic mass is 10.1. The highest BCUT2D eigenvalue weighted by molar-refractivity contribution is 7.92. The van der Waals surface area contributed by atoms with E-state index in [0.717, 1.165) is 32.1 Å². The minimum Gasteiger partial charge on any atom is -0.481 e. The molecule has 0 amide bonds. The lowest BCUT2D eigenvalue weighted by Gasteiger charge is -2.11. The largest absolute Gasteiger partial charge is 0.481 e. The molecule has 19 heavy (non-hydrogen) atoms. The molecular formula is C12H22O6S. The van der Waals surface area contributed by atoms with Gasteiger partial charge in [-0.05, 0) is 6.42 Å². The van der Waals surface area contributed by atoms with Crippen molar-refractivity contribution in [3.63, 3.8) is 0 Å². The Morgan fingerprint density at radius 1 is 1.00 bits per heavy atom. The van der Waals surface area contributed by atoms with Gasteiger partial charge in [-0.25, -0.2) is 8.42 Å². The van der Waals surface area contributed by atoms with E-state index in [1.807, 2.05) is 0 Å². The van der Waals surface area contributed by atoms with Crippen LogP contribution in [0.25, 0.3) is 0 Å². The molecule has 0 aromatic rings. The molecule has 0 spiro atoms. The second kappa shape index (κ2) is 8.90. The number of rotatable bonds is 11. The Kier molecular flexibility index (Phi) is 8.38. The van der Waals surface area contributed by atoms with Crippen molar-refractivity contribution in [1.29, 1.82) is 0 Å². The summed E-state index contributed by atoms with van der Waals surface area (Å²) in [6.07, 6.45) is 4.37. The summed E-state index contributed by atoms with van der Waals surface area (Å²) in [5.41, 5.74) is 0. The van der Waals surface area contributed by atoms with Crippen LogP contribution in [0.2, 0.25) is 0 Å². The lowest BCUT2D eigenvalue weighted by Crippen LogP contribution is -2.34. The molecule has 0 aromatic carbocycles. The van der Waals surface area contributed by atoms with E-state index in [2.05, 4.69) is 6.92 Å². The van der Waals surface area contributed by atoms with E-state index in [-0.39, 0.29) is 5.75 Å². The second-order valence-electron chi connectivity index (χ2n) is 4.56. The van der Waals surface area contributed by atoms with Gasteiger partial charge in [-0.2, -0.15) is 0 Å². The molecule has 1 atom stereocenters. The summed E-state index contributed by atoms with van der Waals surface area (Å²) in [7, 11) is -3.89. The molecule has 1 unspecified atom stereocenters. The number of unbranched alkanes of at least 4 members (excludes halogenated alkanes) is 5. The quantitative estimate of drug-likeness (QED) is 0.561. The second-order valence-corrected chi connectivity index (χ2v) is 6.86. The highest BCUT2D eigenvalue weighted by Gasteiger charge is 2.33. The van der Waals surface area contributed by atoms with Gasteiger partial charge in [-0.15, -0.1) is 0 Å². The van der Waals surface area contributed by atoms with Crippen molar-refractivity contribution in [1.82, 2.24) is 0 Å². The van der Waals surface area contributed by atoms with Gasteiger partial charge in [-0.1, -0.05) is 39.0 Å². The van der Waals surface area contributed by atoms with Crippen molar-refractivity contribution in [3.05, 3.63) is 0 Å². The molecule has 0 saturated carbocycles. The average Bonchev–Trinajstić information content (AvgIpc) is 2.30. The topological polar surface area (TPSA) is 109 Å². The lowest BCUT2D eigenvalue weighted by molar-refractivity contribution is -0.143. The van der Waals surface area contributed by atoms with Crippen molar-refractivity contribution in [3.8, 4) is 0 Å². The number of sulfone groups is 1. The summed E-state index contributed by atoms with van der Waals surface area (Å²) >= 11 is 0. The van der Waals surface area contributed by atoms with Crippen LogP contribution in [0.15, 0.2) is 0 Å². The molecule has 0 radical (unpaired) electrons. The molecule has 0 aromatic heterocycles. The number of aliphatic carboxylic acids is 2. The first-order valence-corrected chi connectivity index (χ1v) is 8.19. The summed E-state index contributed by atoms with van der Waals surface area (Å²) in [5.74, 6) is -3.27. The average molecular weight is 294 g/mol. The first-order chi connectivity index (χ1) is 8.81. The minimum atomic E-state index is -3.89. The molecule has 0 rings (SSSR count). The third-order valence-electron chi connectivity index (χ3n) is 2.85. The standard InChI is InChI=1S/C12H22O6S/c1-2-3-4-5-6-7-8-19(17,18)10(12(15)16)9-11(13)14/h10H,2-9H2,1H3,(H,13,14)(H,15,16). The van der Waals surface area contributed by atoms with Gasteiger partial charge >= 0.3 is 11.9 Å². The smallest absolute Gasteiger partial charge is 0.322 e. The Hall–Kier alpha value is -1.11. The maximum Gasteiger partial charge on any atom is 0.322 e. The molecule has 112 valence electrons. The molecule has 0 saturated heterocycles. The molecule has 0 aliphatic heterocycles. The summed E-state index contributed by atoms with van der Waals surface area (Å²) < 4.78 is 23.5. The van der Waals surface area contributed by atoms with Crippen molar-refractivity contribution in [2.24, 2.45) is 0 Å². The maximum atomic E-state index is 11.8. The zero-order chi connectivity index (χ0) is 14.9. The number of carbonyl (C=O) groups is 2. The van der Waals surface area contributed by atoms with Gasteiger partial charge < -0.3 is 10.2 Å². The molecule has 0 bridgehead atoms. The molecular weight excluding hydrogens is 272 g/mol. The highest BCUT2D eigenvalue weighted by atomic mass is 32.2. The van der Waals surface area contributed by atoms with E-state index < -0.39 is 33.4 Å². The van der Waals surface area contributed by atoms with Crippen LogP contribution < -0.4 is 0 Å². The summed E-state index contributed by atoms with van der Waals surface area (Å²) in [6.45, 7) is 2.08. The van der Waals surface area contributed by atoms with E-state index >= 15 is 0 Å². The zero-order valence-corrected chi connectivity index (χ0v) is 12.0. The predicted octanol–water partition coefficient (Wildman–Crippen LogP) is 1.69. The van der Waals surface area contributed by atoms with Crippen molar-refractivity contribution < 1.29 is 28.2 Å². The summed E-state index contributed by atoms with van der Waals surface area (Å²) in [4.78, 5) is 21.3. The van der Waals surface area contributed by atoms with Crippen LogP contribution in [-0.2, 0) is 19.4 Å². The molecule has 6 nitrogen and oxygen atoms in total. The fraction of sp³-hybridized carbons (Fsp3) is 0.833. The zero-order valence-electron chi connectivity index (χ0n) is 11.2. The van der Waals surface area contributed by atoms with E-state index in [1.54, 1.807) is 0 Å². The van der Waals surface area contributed by atoms with Crippen LogP contribution in [-0.4, -0.2) is 41.6 Å². The molecule has 0 aliphatic rings. The van der Waals surface area contributed by atoms with E-state index in [1.165, 1.54) is 0 Å². The summed E-state index contributed by atoms with van der Waals surface area (Å²) in [5, 5.41) is 15.5. The van der Waals surface area contributed by atoms with Crippen LogP contribution in [0, 0.1) is 0 Å². The Morgan fingerprint density at radius 3 is 2.00 bits per heavy atom. The number of carboxylic acid groups (broad SMARTS) is 2. The van der Waals surface area contributed by atoms with Gasteiger partial charge in [0.25, 0.3) is 0 Å². The predicted molar refractivity (Wildman–Crippen MR) is 70.8 cm³/mol. The molecule has 0 heterocycles. The van der Waals surface area contributed by atoms with Crippen LogP contribution in [0.4, 0.5) is 0 Å². The highest BCUT2D eigenvalue weighted by Crippen LogP contribution is 2.12. The van der Waals surface area contributed by atoms with Gasteiger partial charge in [0.1, 0.15) is 0 Å². The van der Waals surface area contributed by atoms with Crippen molar-refractivity contribution in [2.45, 2.75) is 57.1 Å². The number of hydrogen-bond donors (Lipinski definition) is 2. The monoisotopic (exact) mass is 294 g/mol. The molecule has 2 N–H and O–H groups in total. The van der Waals surface area contributed by atoms with E-state index in [4.69, 9.17) is 10.2 Å². The van der Waals surface area contributed by atoms with E-state index in [0.29, 0.717) is 6.42 Å². The normalized spacial score (nSPS) is 13.1. The van der Waals surface area contributed by atoms with Gasteiger partial charge in [-0.3, -0.25) is 9.59 Å². The van der Waals surface area contributed by atoms with Crippen LogP contribution >= 0.6 is 0 Å². The van der Waals surface area contributed by atoms with Crippen LogP contribution in [0.3, 0.4) is 0 Å².